The van der Waals surface area contributed by atoms with E-state index in [2.05, 4.69) is 184 Å². The SMILES string of the molecule is CC/C=C\C/C=C\C/C=C\C/C=C\C/C=C\C/C=C\C/C=C\C/C=C\C/C=C\CCCCCCCCCC(=O)OC(COC(=O)CCCCCCC/C=C\C/C=C\C/C=C\C/C=C\C/C=C\CC)COC(OCC[N+](C)(C)C)C(=O)[O-]. The largest absolute Gasteiger partial charge is 0.545 e. The lowest BCUT2D eigenvalue weighted by molar-refractivity contribution is -0.870. The van der Waals surface area contributed by atoms with Gasteiger partial charge in [0.1, 0.15) is 13.2 Å². The van der Waals surface area contributed by atoms with Crippen molar-refractivity contribution in [1.82, 2.24) is 0 Å². The van der Waals surface area contributed by atoms with Gasteiger partial charge in [0.2, 0.25) is 0 Å². The number of quaternary nitrogens is 1. The summed E-state index contributed by atoms with van der Waals surface area (Å²) >= 11 is 0. The minimum atomic E-state index is -1.64. The lowest BCUT2D eigenvalue weighted by atomic mass is 10.1. The smallest absolute Gasteiger partial charge is 0.306 e. The fourth-order valence-electron chi connectivity index (χ4n) is 7.73. The van der Waals surface area contributed by atoms with E-state index >= 15 is 0 Å². The minimum absolute atomic E-state index is 0.132. The van der Waals surface area contributed by atoms with Gasteiger partial charge >= 0.3 is 11.9 Å². The predicted molar refractivity (Wildman–Crippen MR) is 342 cm³/mol. The first-order valence-electron chi connectivity index (χ1n) is 31.3. The summed E-state index contributed by atoms with van der Waals surface area (Å²) in [5, 5.41) is 11.8. The molecule has 0 aromatic heterocycles. The Bertz CT molecular complexity index is 1930. The second-order valence-electron chi connectivity index (χ2n) is 21.2. The molecule has 0 saturated heterocycles. The van der Waals surface area contributed by atoms with Gasteiger partial charge in [-0.2, -0.15) is 0 Å². The van der Waals surface area contributed by atoms with E-state index in [-0.39, 0.29) is 38.6 Å². The van der Waals surface area contributed by atoms with Crippen LogP contribution >= 0.6 is 0 Å². The van der Waals surface area contributed by atoms with Crippen LogP contribution < -0.4 is 5.11 Å². The Hall–Kier alpha value is -5.35. The van der Waals surface area contributed by atoms with Crippen molar-refractivity contribution >= 4 is 17.9 Å². The van der Waals surface area contributed by atoms with Gasteiger partial charge in [-0.15, -0.1) is 0 Å². The zero-order valence-electron chi connectivity index (χ0n) is 51.6. The van der Waals surface area contributed by atoms with Crippen LogP contribution in [0.3, 0.4) is 0 Å². The highest BCUT2D eigenvalue weighted by atomic mass is 16.7. The van der Waals surface area contributed by atoms with Gasteiger partial charge in [-0.25, -0.2) is 0 Å². The number of hydrogen-bond donors (Lipinski definition) is 0. The van der Waals surface area contributed by atoms with E-state index in [4.69, 9.17) is 18.9 Å². The molecule has 0 spiro atoms. The van der Waals surface area contributed by atoms with Gasteiger partial charge in [-0.1, -0.05) is 235 Å². The van der Waals surface area contributed by atoms with Crippen molar-refractivity contribution in [3.8, 4) is 0 Å². The van der Waals surface area contributed by atoms with Gasteiger partial charge in [-0.05, 0) is 128 Å². The van der Waals surface area contributed by atoms with Crippen molar-refractivity contribution in [3.05, 3.63) is 170 Å². The summed E-state index contributed by atoms with van der Waals surface area (Å²) in [4.78, 5) is 37.4. The molecule has 0 fully saturated rings. The number of carboxylic acids is 1. The molecule has 9 heteroatoms. The van der Waals surface area contributed by atoms with E-state index < -0.39 is 24.3 Å². The average molecular weight is 1120 g/mol. The number of carboxylic acid groups (broad SMARTS) is 1. The predicted octanol–water partition coefficient (Wildman–Crippen LogP) is 17.8. The highest BCUT2D eigenvalue weighted by Crippen LogP contribution is 2.13. The van der Waals surface area contributed by atoms with Crippen LogP contribution in [-0.2, 0) is 33.3 Å². The molecule has 2 unspecified atom stereocenters. The number of carbonyl (C=O) groups excluding carboxylic acids is 3. The Morgan fingerprint density at radius 1 is 0.370 bits per heavy atom. The van der Waals surface area contributed by atoms with Crippen LogP contribution in [0.15, 0.2) is 170 Å². The third-order valence-electron chi connectivity index (χ3n) is 12.5. The van der Waals surface area contributed by atoms with E-state index in [1.54, 1.807) is 0 Å². The summed E-state index contributed by atoms with van der Waals surface area (Å²) in [6.45, 7) is 4.45. The molecule has 0 aliphatic carbocycles. The minimum Gasteiger partial charge on any atom is -0.545 e. The zero-order chi connectivity index (χ0) is 59.1. The summed E-state index contributed by atoms with van der Waals surface area (Å²) in [5.41, 5.74) is 0. The number of aliphatic carboxylic acids is 1. The maximum Gasteiger partial charge on any atom is 0.306 e. The maximum atomic E-state index is 12.9. The molecule has 81 heavy (non-hydrogen) atoms. The fourth-order valence-corrected chi connectivity index (χ4v) is 7.73. The Morgan fingerprint density at radius 2 is 0.667 bits per heavy atom. The van der Waals surface area contributed by atoms with Crippen molar-refractivity contribution in [2.24, 2.45) is 0 Å². The summed E-state index contributed by atoms with van der Waals surface area (Å²) in [6, 6.07) is 0. The van der Waals surface area contributed by atoms with Gasteiger partial charge in [0.25, 0.3) is 0 Å². The number of nitrogens with zero attached hydrogens (tertiary/aromatic N) is 1. The van der Waals surface area contributed by atoms with Gasteiger partial charge in [0.15, 0.2) is 12.4 Å². The summed E-state index contributed by atoms with van der Waals surface area (Å²) in [6.07, 6.45) is 88.3. The van der Waals surface area contributed by atoms with E-state index in [1.807, 2.05) is 21.1 Å². The lowest BCUT2D eigenvalue weighted by Gasteiger charge is -2.26. The first-order valence-corrected chi connectivity index (χ1v) is 31.3. The molecule has 0 saturated carbocycles. The Kier molecular flexibility index (Phi) is 56.7. The number of allylic oxidation sites excluding steroid dienone is 28. The second kappa shape index (κ2) is 60.7. The molecule has 0 N–H and O–H groups in total. The topological polar surface area (TPSA) is 111 Å². The Labute approximate surface area is 495 Å². The second-order valence-corrected chi connectivity index (χ2v) is 21.2. The molecule has 2 atom stereocenters. The molecule has 454 valence electrons. The van der Waals surface area contributed by atoms with Gasteiger partial charge in [0, 0.05) is 12.8 Å². The standard InChI is InChI=1S/C72H113NO8/c1-6-8-10-12-14-16-18-20-22-24-26-28-29-30-31-32-33-34-35-36-37-38-39-40-41-43-45-47-49-51-53-55-57-59-61-63-70(75)81-68(67-80-72(71(76)77)78-65-64-73(3,4)5)66-79-69(74)62-60-58-56-54-52-50-48-46-44-42-27-25-23-21-19-17-15-13-11-9-7-2/h8-11,14-17,20-23,26-28,30-31,33-34,36-37,39-40,42-43,45-46,48,68,72H,6-7,12-13,18-19,24-25,29,32,35,38,41,44,47,49-67H2,1-5H3/b10-8-,11-9-,16-14-,17-15-,22-20-,23-21-,28-26-,31-30-,34-33-,37-36-,40-39-,42-27-,45-43-,48-46-. The molecule has 0 aromatic carbocycles. The third-order valence-corrected chi connectivity index (χ3v) is 12.5. The molecule has 0 aliphatic rings. The van der Waals surface area contributed by atoms with Gasteiger partial charge in [-0.3, -0.25) is 9.59 Å². The third kappa shape index (κ3) is 62.1. The molecule has 0 aliphatic heterocycles. The van der Waals surface area contributed by atoms with Gasteiger partial charge in [0.05, 0.1) is 40.3 Å². The summed E-state index contributed by atoms with van der Waals surface area (Å²) in [7, 11) is 5.90. The fraction of sp³-hybridized carbons (Fsp3) is 0.569. The number of unbranched alkanes of at least 4 members (excludes halogenated alkanes) is 12. The molecule has 0 bridgehead atoms. The Balaban J connectivity index is 4.30. The number of ether oxygens (including phenoxy) is 4. The summed E-state index contributed by atoms with van der Waals surface area (Å²) in [5.74, 6) is -2.35. The highest BCUT2D eigenvalue weighted by Gasteiger charge is 2.22. The normalized spacial score (nSPS) is 13.9. The van der Waals surface area contributed by atoms with E-state index in [0.717, 1.165) is 154 Å². The van der Waals surface area contributed by atoms with Crippen molar-refractivity contribution in [2.75, 3.05) is 47.5 Å². The van der Waals surface area contributed by atoms with Crippen molar-refractivity contribution < 1.29 is 42.9 Å². The molecule has 0 radical (unpaired) electrons. The highest BCUT2D eigenvalue weighted by molar-refractivity contribution is 5.70. The van der Waals surface area contributed by atoms with Crippen molar-refractivity contribution in [1.29, 1.82) is 0 Å². The maximum absolute atomic E-state index is 12.9. The van der Waals surface area contributed by atoms with E-state index in [0.29, 0.717) is 23.9 Å². The quantitative estimate of drug-likeness (QED) is 0.0195. The molecular formula is C72H113NO8. The van der Waals surface area contributed by atoms with Crippen molar-refractivity contribution in [3.63, 3.8) is 0 Å². The van der Waals surface area contributed by atoms with E-state index in [9.17, 15) is 19.5 Å². The summed E-state index contributed by atoms with van der Waals surface area (Å²) < 4.78 is 22.7. The van der Waals surface area contributed by atoms with Crippen LogP contribution in [0.1, 0.15) is 206 Å². The molecule has 0 aromatic rings. The van der Waals surface area contributed by atoms with E-state index in [1.165, 1.54) is 12.8 Å². The number of carbonyl (C=O) groups is 3. The molecule has 0 heterocycles. The number of esters is 2. The number of likely N-dealkylation sites (N-methyl/N-ethyl adjacent to an activating group) is 1. The number of rotatable bonds is 55. The average Bonchev–Trinajstić information content (AvgIpc) is 3.44. The monoisotopic (exact) mass is 1120 g/mol. The van der Waals surface area contributed by atoms with Crippen LogP contribution in [0.4, 0.5) is 0 Å². The Morgan fingerprint density at radius 3 is 0.988 bits per heavy atom. The van der Waals surface area contributed by atoms with Gasteiger partial charge < -0.3 is 33.3 Å². The van der Waals surface area contributed by atoms with Crippen LogP contribution in [0, 0.1) is 0 Å². The number of hydrogen-bond acceptors (Lipinski definition) is 8. The molecular weight excluding hydrogens is 1010 g/mol. The van der Waals surface area contributed by atoms with Crippen LogP contribution in [0.25, 0.3) is 0 Å². The lowest BCUT2D eigenvalue weighted by Crippen LogP contribution is -2.44. The van der Waals surface area contributed by atoms with Crippen LogP contribution in [-0.4, -0.2) is 82.3 Å². The van der Waals surface area contributed by atoms with Crippen LogP contribution in [0.2, 0.25) is 0 Å². The molecule has 9 nitrogen and oxygen atoms in total. The first-order chi connectivity index (χ1) is 39.6. The van der Waals surface area contributed by atoms with Crippen LogP contribution in [0.5, 0.6) is 0 Å². The zero-order valence-corrected chi connectivity index (χ0v) is 51.6. The molecule has 0 rings (SSSR count). The van der Waals surface area contributed by atoms with Crippen molar-refractivity contribution in [2.45, 2.75) is 219 Å². The first kappa shape index (κ1) is 75.7. The molecule has 0 amide bonds.